The molecule has 0 saturated carbocycles. The largest absolute Gasteiger partial charge is 0.378 e. The molecular weight excluding hydrogens is 261 g/mol. The number of nitrogens with zero attached hydrogens (tertiary/aromatic N) is 2. The van der Waals surface area contributed by atoms with Crippen molar-refractivity contribution >= 4 is 34.4 Å². The molecule has 2 aromatic rings. The summed E-state index contributed by atoms with van der Waals surface area (Å²) in [4.78, 5) is 11.6. The van der Waals surface area contributed by atoms with Gasteiger partial charge in [-0.1, -0.05) is 23.2 Å². The summed E-state index contributed by atoms with van der Waals surface area (Å²) in [6.45, 7) is 3.99. The van der Waals surface area contributed by atoms with Crippen molar-refractivity contribution in [3.05, 3.63) is 22.1 Å². The van der Waals surface area contributed by atoms with E-state index in [0.717, 1.165) is 11.3 Å². The Hall–Kier alpha value is -0.840. The van der Waals surface area contributed by atoms with E-state index >= 15 is 0 Å². The SMILES string of the molecule is COC(C)(C)Cc1nc2nc(Cl)c(Cl)cc2[nH]1. The average molecular weight is 274 g/mol. The molecule has 0 spiro atoms. The second kappa shape index (κ2) is 4.44. The van der Waals surface area contributed by atoms with Gasteiger partial charge in [0.1, 0.15) is 11.0 Å². The van der Waals surface area contributed by atoms with Crippen LogP contribution in [0.5, 0.6) is 0 Å². The topological polar surface area (TPSA) is 50.8 Å². The van der Waals surface area contributed by atoms with E-state index in [0.29, 0.717) is 17.1 Å². The number of H-pyrrole nitrogens is 1. The van der Waals surface area contributed by atoms with Crippen LogP contribution in [0.4, 0.5) is 0 Å². The molecule has 0 bridgehead atoms. The number of hydrogen-bond donors (Lipinski definition) is 1. The molecule has 17 heavy (non-hydrogen) atoms. The van der Waals surface area contributed by atoms with Gasteiger partial charge in [0.05, 0.1) is 16.1 Å². The van der Waals surface area contributed by atoms with E-state index in [1.165, 1.54) is 0 Å². The number of nitrogens with one attached hydrogen (secondary N) is 1. The van der Waals surface area contributed by atoms with Crippen LogP contribution in [0.15, 0.2) is 6.07 Å². The first kappa shape index (κ1) is 12.6. The Kier molecular flexibility index (Phi) is 3.30. The lowest BCUT2D eigenvalue weighted by Gasteiger charge is -2.20. The number of rotatable bonds is 3. The van der Waals surface area contributed by atoms with Crippen molar-refractivity contribution in [1.29, 1.82) is 0 Å². The summed E-state index contributed by atoms with van der Waals surface area (Å²) in [5, 5.41) is 0.684. The van der Waals surface area contributed by atoms with Crippen LogP contribution in [0.3, 0.4) is 0 Å². The number of pyridine rings is 1. The molecule has 0 saturated heterocycles. The lowest BCUT2D eigenvalue weighted by atomic mass is 10.1. The van der Waals surface area contributed by atoms with Gasteiger partial charge in [0.15, 0.2) is 5.65 Å². The molecule has 0 amide bonds. The van der Waals surface area contributed by atoms with Gasteiger partial charge < -0.3 is 9.72 Å². The minimum atomic E-state index is -0.276. The lowest BCUT2D eigenvalue weighted by Crippen LogP contribution is -2.26. The van der Waals surface area contributed by atoms with Crippen LogP contribution in [0.25, 0.3) is 11.2 Å². The first-order valence-electron chi connectivity index (χ1n) is 5.17. The Balaban J connectivity index is 2.38. The first-order valence-corrected chi connectivity index (χ1v) is 5.93. The molecule has 2 aromatic heterocycles. The van der Waals surface area contributed by atoms with Crippen LogP contribution in [0.1, 0.15) is 19.7 Å². The van der Waals surface area contributed by atoms with E-state index in [4.69, 9.17) is 27.9 Å². The molecule has 0 aromatic carbocycles. The van der Waals surface area contributed by atoms with Gasteiger partial charge in [0.25, 0.3) is 0 Å². The number of methoxy groups -OCH3 is 1. The quantitative estimate of drug-likeness (QED) is 0.874. The van der Waals surface area contributed by atoms with Crippen LogP contribution in [-0.4, -0.2) is 27.7 Å². The molecular formula is C11H13Cl2N3O. The van der Waals surface area contributed by atoms with E-state index in [1.54, 1.807) is 13.2 Å². The van der Waals surface area contributed by atoms with E-state index in [2.05, 4.69) is 15.0 Å². The second-order valence-electron chi connectivity index (χ2n) is 4.46. The minimum absolute atomic E-state index is 0.267. The number of halogens is 2. The van der Waals surface area contributed by atoms with Gasteiger partial charge in [-0.05, 0) is 19.9 Å². The number of ether oxygens (including phenoxy) is 1. The molecule has 4 nitrogen and oxygen atoms in total. The molecule has 0 aliphatic heterocycles. The standard InChI is InChI=1S/C11H13Cl2N3O/c1-11(2,17-3)5-8-14-7-4-6(12)9(13)16-10(7)15-8/h4H,5H2,1-3H3,(H,14,15,16). The van der Waals surface area contributed by atoms with E-state index in [9.17, 15) is 0 Å². The summed E-state index contributed by atoms with van der Waals surface area (Å²) >= 11 is 11.7. The minimum Gasteiger partial charge on any atom is -0.378 e. The highest BCUT2D eigenvalue weighted by Crippen LogP contribution is 2.24. The van der Waals surface area contributed by atoms with Gasteiger partial charge in [-0.2, -0.15) is 0 Å². The zero-order valence-electron chi connectivity index (χ0n) is 9.84. The third-order valence-electron chi connectivity index (χ3n) is 2.58. The van der Waals surface area contributed by atoms with Crippen molar-refractivity contribution in [2.45, 2.75) is 25.9 Å². The number of hydrogen-bond acceptors (Lipinski definition) is 3. The van der Waals surface area contributed by atoms with Crippen LogP contribution in [0.2, 0.25) is 10.2 Å². The Morgan fingerprint density at radius 2 is 2.06 bits per heavy atom. The third kappa shape index (κ3) is 2.70. The van der Waals surface area contributed by atoms with Crippen LogP contribution < -0.4 is 0 Å². The molecule has 0 atom stereocenters. The van der Waals surface area contributed by atoms with Crippen molar-refractivity contribution in [3.8, 4) is 0 Å². The number of aromatic amines is 1. The van der Waals surface area contributed by atoms with Gasteiger partial charge >= 0.3 is 0 Å². The predicted octanol–water partition coefficient (Wildman–Crippen LogP) is 3.23. The molecule has 0 unspecified atom stereocenters. The van der Waals surface area contributed by atoms with Crippen LogP contribution >= 0.6 is 23.2 Å². The van der Waals surface area contributed by atoms with Gasteiger partial charge in [0.2, 0.25) is 0 Å². The number of fused-ring (bicyclic) bond motifs is 1. The molecule has 2 heterocycles. The molecule has 92 valence electrons. The molecule has 1 N–H and O–H groups in total. The predicted molar refractivity (Wildman–Crippen MR) is 68.7 cm³/mol. The highest BCUT2D eigenvalue weighted by atomic mass is 35.5. The summed E-state index contributed by atoms with van der Waals surface area (Å²) < 4.78 is 5.35. The fraction of sp³-hybridized carbons (Fsp3) is 0.455. The molecule has 0 aliphatic carbocycles. The molecule has 0 aliphatic rings. The second-order valence-corrected chi connectivity index (χ2v) is 5.22. The van der Waals surface area contributed by atoms with Gasteiger partial charge in [0, 0.05) is 13.5 Å². The molecule has 6 heteroatoms. The smallest absolute Gasteiger partial charge is 0.179 e. The zero-order chi connectivity index (χ0) is 12.6. The van der Waals surface area contributed by atoms with Crippen LogP contribution in [0, 0.1) is 0 Å². The molecule has 0 fully saturated rings. The zero-order valence-corrected chi connectivity index (χ0v) is 11.4. The van der Waals surface area contributed by atoms with Gasteiger partial charge in [-0.25, -0.2) is 9.97 Å². The number of imidazole rings is 1. The monoisotopic (exact) mass is 273 g/mol. The molecule has 2 rings (SSSR count). The van der Waals surface area contributed by atoms with Crippen molar-refractivity contribution in [3.63, 3.8) is 0 Å². The fourth-order valence-electron chi connectivity index (χ4n) is 1.51. The van der Waals surface area contributed by atoms with Crippen molar-refractivity contribution in [1.82, 2.24) is 15.0 Å². The summed E-state index contributed by atoms with van der Waals surface area (Å²) in [5.41, 5.74) is 1.07. The van der Waals surface area contributed by atoms with E-state index in [1.807, 2.05) is 13.8 Å². The van der Waals surface area contributed by atoms with Gasteiger partial charge in [-0.3, -0.25) is 0 Å². The van der Waals surface area contributed by atoms with Crippen molar-refractivity contribution in [2.24, 2.45) is 0 Å². The highest BCUT2D eigenvalue weighted by molar-refractivity contribution is 6.41. The van der Waals surface area contributed by atoms with Crippen molar-refractivity contribution < 1.29 is 4.74 Å². The summed E-state index contributed by atoms with van der Waals surface area (Å²) in [5.74, 6) is 0.803. The molecule has 0 radical (unpaired) electrons. The summed E-state index contributed by atoms with van der Waals surface area (Å²) in [6, 6.07) is 1.72. The number of aromatic nitrogens is 3. The maximum atomic E-state index is 5.89. The Labute approximate surface area is 109 Å². The van der Waals surface area contributed by atoms with E-state index < -0.39 is 0 Å². The lowest BCUT2D eigenvalue weighted by molar-refractivity contribution is 0.0218. The average Bonchev–Trinajstić information content (AvgIpc) is 2.59. The van der Waals surface area contributed by atoms with E-state index in [-0.39, 0.29) is 10.8 Å². The summed E-state index contributed by atoms with van der Waals surface area (Å²) in [6.07, 6.45) is 0.662. The Morgan fingerprint density at radius 1 is 1.35 bits per heavy atom. The third-order valence-corrected chi connectivity index (χ3v) is 3.25. The Bertz CT molecular complexity index is 512. The maximum Gasteiger partial charge on any atom is 0.179 e. The van der Waals surface area contributed by atoms with Crippen LogP contribution in [-0.2, 0) is 11.2 Å². The normalized spacial score (nSPS) is 12.3. The van der Waals surface area contributed by atoms with Gasteiger partial charge in [-0.15, -0.1) is 0 Å². The van der Waals surface area contributed by atoms with Crippen molar-refractivity contribution in [2.75, 3.05) is 7.11 Å². The highest BCUT2D eigenvalue weighted by Gasteiger charge is 2.19. The first-order chi connectivity index (χ1) is 7.91. The maximum absolute atomic E-state index is 5.89. The Morgan fingerprint density at radius 3 is 2.71 bits per heavy atom. The fourth-order valence-corrected chi connectivity index (χ4v) is 1.79. The summed E-state index contributed by atoms with van der Waals surface area (Å²) in [7, 11) is 1.68.